The first-order valence-corrected chi connectivity index (χ1v) is 6.48. The zero-order valence-corrected chi connectivity index (χ0v) is 12.3. The van der Waals surface area contributed by atoms with Gasteiger partial charge in [0, 0.05) is 18.1 Å². The number of hydrogen-bond acceptors (Lipinski definition) is 3. The minimum absolute atomic E-state index is 0.421. The van der Waals surface area contributed by atoms with Crippen molar-refractivity contribution in [2.24, 2.45) is 12.8 Å². The second-order valence-electron chi connectivity index (χ2n) is 4.21. The summed E-state index contributed by atoms with van der Waals surface area (Å²) in [5, 5.41) is 4.33. The average molecular weight is 310 g/mol. The SMILES string of the molecule is Cc1cc(Br)ccc1Oc1c(CN)c(C)nn1C. The van der Waals surface area contributed by atoms with Crippen molar-refractivity contribution in [3.05, 3.63) is 39.5 Å². The molecule has 0 saturated heterocycles. The van der Waals surface area contributed by atoms with E-state index in [0.717, 1.165) is 27.0 Å². The summed E-state index contributed by atoms with van der Waals surface area (Å²) in [6.45, 7) is 4.36. The molecular formula is C13H16BrN3O. The van der Waals surface area contributed by atoms with Gasteiger partial charge in [-0.1, -0.05) is 15.9 Å². The summed E-state index contributed by atoms with van der Waals surface area (Å²) in [5.74, 6) is 1.52. The van der Waals surface area contributed by atoms with Gasteiger partial charge in [0.25, 0.3) is 0 Å². The maximum absolute atomic E-state index is 5.94. The molecule has 2 N–H and O–H groups in total. The van der Waals surface area contributed by atoms with Crippen LogP contribution in [0.5, 0.6) is 11.6 Å². The number of halogens is 1. The Hall–Kier alpha value is -1.33. The Labute approximate surface area is 115 Å². The Balaban J connectivity index is 2.39. The molecule has 1 heterocycles. The Morgan fingerprint density at radius 3 is 2.72 bits per heavy atom. The zero-order valence-electron chi connectivity index (χ0n) is 10.7. The molecule has 1 aromatic carbocycles. The van der Waals surface area contributed by atoms with E-state index in [1.54, 1.807) is 4.68 Å². The van der Waals surface area contributed by atoms with E-state index in [0.29, 0.717) is 12.4 Å². The molecular weight excluding hydrogens is 294 g/mol. The van der Waals surface area contributed by atoms with Crippen molar-refractivity contribution in [2.45, 2.75) is 20.4 Å². The van der Waals surface area contributed by atoms with E-state index in [2.05, 4.69) is 21.0 Å². The molecule has 5 heteroatoms. The third-order valence-electron chi connectivity index (χ3n) is 2.84. The van der Waals surface area contributed by atoms with E-state index < -0.39 is 0 Å². The third kappa shape index (κ3) is 2.42. The van der Waals surface area contributed by atoms with Crippen molar-refractivity contribution in [3.63, 3.8) is 0 Å². The minimum Gasteiger partial charge on any atom is -0.439 e. The number of hydrogen-bond donors (Lipinski definition) is 1. The molecule has 0 fully saturated rings. The molecule has 2 rings (SSSR count). The number of rotatable bonds is 3. The van der Waals surface area contributed by atoms with Gasteiger partial charge in [-0.05, 0) is 37.6 Å². The quantitative estimate of drug-likeness (QED) is 0.948. The van der Waals surface area contributed by atoms with E-state index in [9.17, 15) is 0 Å². The summed E-state index contributed by atoms with van der Waals surface area (Å²) < 4.78 is 8.69. The van der Waals surface area contributed by atoms with Crippen molar-refractivity contribution < 1.29 is 4.74 Å². The molecule has 0 amide bonds. The molecule has 0 bridgehead atoms. The smallest absolute Gasteiger partial charge is 0.222 e. The lowest BCUT2D eigenvalue weighted by Crippen LogP contribution is -2.01. The first-order chi connectivity index (χ1) is 8.52. The van der Waals surface area contributed by atoms with Gasteiger partial charge in [-0.25, -0.2) is 4.68 Å². The Morgan fingerprint density at radius 1 is 1.39 bits per heavy atom. The number of nitrogens with zero attached hydrogens (tertiary/aromatic N) is 2. The van der Waals surface area contributed by atoms with Crippen LogP contribution in [0.2, 0.25) is 0 Å². The number of benzene rings is 1. The second kappa shape index (κ2) is 5.12. The second-order valence-corrected chi connectivity index (χ2v) is 5.12. The third-order valence-corrected chi connectivity index (χ3v) is 3.33. The highest BCUT2D eigenvalue weighted by atomic mass is 79.9. The van der Waals surface area contributed by atoms with Crippen LogP contribution in [0.1, 0.15) is 16.8 Å². The molecule has 0 unspecified atom stereocenters. The molecule has 18 heavy (non-hydrogen) atoms. The Morgan fingerprint density at radius 2 is 2.11 bits per heavy atom. The van der Waals surface area contributed by atoms with E-state index >= 15 is 0 Å². The highest BCUT2D eigenvalue weighted by Gasteiger charge is 2.14. The van der Waals surface area contributed by atoms with Crippen molar-refractivity contribution in [2.75, 3.05) is 0 Å². The summed E-state index contributed by atoms with van der Waals surface area (Å²) in [7, 11) is 1.86. The van der Waals surface area contributed by atoms with Crippen LogP contribution in [-0.4, -0.2) is 9.78 Å². The van der Waals surface area contributed by atoms with Crippen molar-refractivity contribution in [1.82, 2.24) is 9.78 Å². The maximum Gasteiger partial charge on any atom is 0.222 e. The lowest BCUT2D eigenvalue weighted by atomic mass is 10.2. The van der Waals surface area contributed by atoms with Gasteiger partial charge in [0.05, 0.1) is 11.3 Å². The van der Waals surface area contributed by atoms with Gasteiger partial charge < -0.3 is 10.5 Å². The monoisotopic (exact) mass is 309 g/mol. The molecule has 0 aliphatic heterocycles. The molecule has 96 valence electrons. The van der Waals surface area contributed by atoms with E-state index in [4.69, 9.17) is 10.5 Å². The largest absolute Gasteiger partial charge is 0.439 e. The van der Waals surface area contributed by atoms with Crippen LogP contribution in [0.25, 0.3) is 0 Å². The maximum atomic E-state index is 5.94. The van der Waals surface area contributed by atoms with Crippen molar-refractivity contribution in [1.29, 1.82) is 0 Å². The molecule has 4 nitrogen and oxygen atoms in total. The minimum atomic E-state index is 0.421. The summed E-state index contributed by atoms with van der Waals surface area (Å²) in [6.07, 6.45) is 0. The first-order valence-electron chi connectivity index (χ1n) is 5.69. The first kappa shape index (κ1) is 13.1. The lowest BCUT2D eigenvalue weighted by Gasteiger charge is -2.10. The van der Waals surface area contributed by atoms with Gasteiger partial charge in [0.15, 0.2) is 0 Å². The number of aromatic nitrogens is 2. The van der Waals surface area contributed by atoms with Crippen LogP contribution < -0.4 is 10.5 Å². The van der Waals surface area contributed by atoms with Crippen LogP contribution in [0.3, 0.4) is 0 Å². The van der Waals surface area contributed by atoms with Crippen LogP contribution >= 0.6 is 15.9 Å². The molecule has 0 spiro atoms. The summed E-state index contributed by atoms with van der Waals surface area (Å²) in [4.78, 5) is 0. The fourth-order valence-electron chi connectivity index (χ4n) is 1.87. The molecule has 0 radical (unpaired) electrons. The highest BCUT2D eigenvalue weighted by molar-refractivity contribution is 9.10. The summed E-state index contributed by atoms with van der Waals surface area (Å²) in [6, 6.07) is 5.90. The molecule has 2 aromatic rings. The van der Waals surface area contributed by atoms with E-state index in [1.165, 1.54) is 0 Å². The van der Waals surface area contributed by atoms with E-state index in [-0.39, 0.29) is 0 Å². The van der Waals surface area contributed by atoms with Gasteiger partial charge in [0.1, 0.15) is 5.75 Å². The highest BCUT2D eigenvalue weighted by Crippen LogP contribution is 2.30. The Kier molecular flexibility index (Phi) is 3.73. The Bertz CT molecular complexity index is 578. The summed E-state index contributed by atoms with van der Waals surface area (Å²) >= 11 is 3.44. The lowest BCUT2D eigenvalue weighted by molar-refractivity contribution is 0.423. The average Bonchev–Trinajstić information content (AvgIpc) is 2.57. The predicted molar refractivity (Wildman–Crippen MR) is 74.8 cm³/mol. The topological polar surface area (TPSA) is 53.1 Å². The van der Waals surface area contributed by atoms with Crippen LogP contribution in [0.15, 0.2) is 22.7 Å². The van der Waals surface area contributed by atoms with Gasteiger partial charge in [-0.15, -0.1) is 0 Å². The molecule has 0 saturated carbocycles. The molecule has 1 aromatic heterocycles. The zero-order chi connectivity index (χ0) is 13.3. The van der Waals surface area contributed by atoms with Crippen LogP contribution in [0, 0.1) is 13.8 Å². The molecule has 0 aliphatic rings. The van der Waals surface area contributed by atoms with E-state index in [1.807, 2.05) is 39.1 Å². The predicted octanol–water partition coefficient (Wildman–Crippen LogP) is 3.05. The van der Waals surface area contributed by atoms with Crippen molar-refractivity contribution >= 4 is 15.9 Å². The van der Waals surface area contributed by atoms with Gasteiger partial charge in [-0.3, -0.25) is 0 Å². The standard InChI is InChI=1S/C13H16BrN3O/c1-8-6-10(14)4-5-12(8)18-13-11(7-15)9(2)16-17(13)3/h4-6H,7,15H2,1-3H3. The van der Waals surface area contributed by atoms with Gasteiger partial charge in [-0.2, -0.15) is 5.10 Å². The van der Waals surface area contributed by atoms with Gasteiger partial charge >= 0.3 is 0 Å². The number of nitrogens with two attached hydrogens (primary N) is 1. The summed E-state index contributed by atoms with van der Waals surface area (Å²) in [5.41, 5.74) is 8.65. The fraction of sp³-hybridized carbons (Fsp3) is 0.308. The molecule has 0 aliphatic carbocycles. The number of ether oxygens (including phenoxy) is 1. The fourth-order valence-corrected chi connectivity index (χ4v) is 2.35. The van der Waals surface area contributed by atoms with Gasteiger partial charge in [0.2, 0.25) is 5.88 Å². The molecule has 0 atom stereocenters. The van der Waals surface area contributed by atoms with Crippen molar-refractivity contribution in [3.8, 4) is 11.6 Å². The number of aryl methyl sites for hydroxylation is 3. The normalized spacial score (nSPS) is 10.7. The van der Waals surface area contributed by atoms with Crippen LogP contribution in [0.4, 0.5) is 0 Å². The van der Waals surface area contributed by atoms with Crippen LogP contribution in [-0.2, 0) is 13.6 Å².